The van der Waals surface area contributed by atoms with Crippen molar-refractivity contribution in [3.05, 3.63) is 33.8 Å². The van der Waals surface area contributed by atoms with E-state index in [0.717, 1.165) is 5.56 Å². The van der Waals surface area contributed by atoms with Gasteiger partial charge in [0.25, 0.3) is 0 Å². The lowest BCUT2D eigenvalue weighted by molar-refractivity contribution is -0.0102. The minimum absolute atomic E-state index is 0.206. The Labute approximate surface area is 107 Å². The predicted octanol–water partition coefficient (Wildman–Crippen LogP) is 3.81. The molecule has 0 aliphatic rings. The summed E-state index contributed by atoms with van der Waals surface area (Å²) in [7, 11) is 0. The zero-order valence-corrected chi connectivity index (χ0v) is 11.3. The van der Waals surface area contributed by atoms with Crippen molar-refractivity contribution in [2.24, 2.45) is 5.73 Å². The van der Waals surface area contributed by atoms with E-state index in [1.54, 1.807) is 6.07 Å². The Morgan fingerprint density at radius 3 is 2.50 bits per heavy atom. The molecule has 2 nitrogen and oxygen atoms in total. The van der Waals surface area contributed by atoms with Crippen LogP contribution in [0.15, 0.2) is 18.2 Å². The van der Waals surface area contributed by atoms with E-state index in [9.17, 15) is 0 Å². The summed E-state index contributed by atoms with van der Waals surface area (Å²) in [4.78, 5) is 0. The van der Waals surface area contributed by atoms with Gasteiger partial charge in [-0.25, -0.2) is 0 Å². The van der Waals surface area contributed by atoms with Gasteiger partial charge in [-0.1, -0.05) is 35.3 Å². The van der Waals surface area contributed by atoms with Crippen molar-refractivity contribution in [2.45, 2.75) is 32.4 Å². The van der Waals surface area contributed by atoms with Gasteiger partial charge in [-0.3, -0.25) is 0 Å². The number of ether oxygens (including phenoxy) is 1. The molecule has 0 heterocycles. The maximum Gasteiger partial charge on any atom is 0.0667 e. The second-order valence-electron chi connectivity index (χ2n) is 4.67. The highest BCUT2D eigenvalue weighted by Gasteiger charge is 2.16. The van der Waals surface area contributed by atoms with Crippen LogP contribution in [0.3, 0.4) is 0 Å². The number of benzene rings is 1. The minimum atomic E-state index is -0.259. The van der Waals surface area contributed by atoms with E-state index in [4.69, 9.17) is 33.7 Å². The highest BCUT2D eigenvalue weighted by molar-refractivity contribution is 6.42. The van der Waals surface area contributed by atoms with Gasteiger partial charge in [-0.05, 0) is 32.4 Å². The molecule has 0 fully saturated rings. The first kappa shape index (κ1) is 13.8. The average molecular weight is 262 g/mol. The van der Waals surface area contributed by atoms with Gasteiger partial charge in [-0.2, -0.15) is 0 Å². The Kier molecular flexibility index (Phi) is 4.62. The van der Waals surface area contributed by atoms with Crippen molar-refractivity contribution >= 4 is 23.2 Å². The lowest BCUT2D eigenvalue weighted by Crippen LogP contribution is -2.26. The number of hydrogen-bond donors (Lipinski definition) is 1. The molecule has 1 aromatic carbocycles. The van der Waals surface area contributed by atoms with Crippen molar-refractivity contribution in [1.82, 2.24) is 0 Å². The van der Waals surface area contributed by atoms with Crippen LogP contribution < -0.4 is 5.73 Å². The zero-order valence-electron chi connectivity index (χ0n) is 9.76. The topological polar surface area (TPSA) is 35.2 Å². The van der Waals surface area contributed by atoms with Crippen molar-refractivity contribution < 1.29 is 4.74 Å². The number of halogens is 2. The number of hydrogen-bond acceptors (Lipinski definition) is 2. The fourth-order valence-electron chi connectivity index (χ4n) is 1.24. The molecular formula is C12H17Cl2NO. The van der Waals surface area contributed by atoms with Crippen LogP contribution >= 0.6 is 23.2 Å². The Hall–Kier alpha value is -0.280. The van der Waals surface area contributed by atoms with Crippen LogP contribution in [0.2, 0.25) is 10.0 Å². The Balaban J connectivity index is 2.73. The third-order valence-electron chi connectivity index (χ3n) is 2.08. The van der Waals surface area contributed by atoms with Gasteiger partial charge in [0.2, 0.25) is 0 Å². The molecule has 1 atom stereocenters. The van der Waals surface area contributed by atoms with E-state index in [-0.39, 0.29) is 11.6 Å². The average Bonchev–Trinajstić information content (AvgIpc) is 2.17. The van der Waals surface area contributed by atoms with E-state index < -0.39 is 0 Å². The zero-order chi connectivity index (χ0) is 12.3. The van der Waals surface area contributed by atoms with Gasteiger partial charge < -0.3 is 10.5 Å². The summed E-state index contributed by atoms with van der Waals surface area (Å²) in [6, 6.07) is 5.18. The molecule has 4 heteroatoms. The molecule has 0 aromatic heterocycles. The SMILES string of the molecule is CC(C)(C)OCC(N)c1cccc(Cl)c1Cl. The van der Waals surface area contributed by atoms with Crippen LogP contribution in [-0.4, -0.2) is 12.2 Å². The van der Waals surface area contributed by atoms with Crippen LogP contribution in [0.4, 0.5) is 0 Å². The number of rotatable bonds is 3. The largest absolute Gasteiger partial charge is 0.374 e. The Morgan fingerprint density at radius 2 is 1.94 bits per heavy atom. The second-order valence-corrected chi connectivity index (χ2v) is 5.46. The van der Waals surface area contributed by atoms with Crippen LogP contribution in [0.25, 0.3) is 0 Å². The van der Waals surface area contributed by atoms with E-state index in [2.05, 4.69) is 0 Å². The molecule has 0 amide bonds. The third kappa shape index (κ3) is 3.95. The van der Waals surface area contributed by atoms with Crippen molar-refractivity contribution in [3.8, 4) is 0 Å². The molecule has 0 radical (unpaired) electrons. The number of nitrogens with two attached hydrogens (primary N) is 1. The predicted molar refractivity (Wildman–Crippen MR) is 69.1 cm³/mol. The summed E-state index contributed by atoms with van der Waals surface area (Å²) in [6.45, 7) is 6.38. The summed E-state index contributed by atoms with van der Waals surface area (Å²) in [5, 5.41) is 1.03. The van der Waals surface area contributed by atoms with E-state index in [1.165, 1.54) is 0 Å². The lowest BCUT2D eigenvalue weighted by Gasteiger charge is -2.23. The molecule has 2 N–H and O–H groups in total. The fourth-order valence-corrected chi connectivity index (χ4v) is 1.68. The highest BCUT2D eigenvalue weighted by Crippen LogP contribution is 2.29. The molecule has 1 rings (SSSR count). The van der Waals surface area contributed by atoms with E-state index in [1.807, 2.05) is 32.9 Å². The van der Waals surface area contributed by atoms with Crippen molar-refractivity contribution in [3.63, 3.8) is 0 Å². The molecule has 16 heavy (non-hydrogen) atoms. The van der Waals surface area contributed by atoms with E-state index >= 15 is 0 Å². The van der Waals surface area contributed by atoms with E-state index in [0.29, 0.717) is 16.7 Å². The van der Waals surface area contributed by atoms with Gasteiger partial charge in [0.15, 0.2) is 0 Å². The molecule has 1 aromatic rings. The maximum absolute atomic E-state index is 6.07. The monoisotopic (exact) mass is 261 g/mol. The molecule has 0 saturated heterocycles. The summed E-state index contributed by atoms with van der Waals surface area (Å²) < 4.78 is 5.61. The van der Waals surface area contributed by atoms with Crippen molar-refractivity contribution in [1.29, 1.82) is 0 Å². The molecule has 90 valence electrons. The summed E-state index contributed by atoms with van der Waals surface area (Å²) in [6.07, 6.45) is 0. The Bertz CT molecular complexity index is 361. The molecular weight excluding hydrogens is 245 g/mol. The van der Waals surface area contributed by atoms with Gasteiger partial charge in [0, 0.05) is 0 Å². The van der Waals surface area contributed by atoms with Gasteiger partial charge in [-0.15, -0.1) is 0 Å². The van der Waals surface area contributed by atoms with Crippen LogP contribution in [0, 0.1) is 0 Å². The molecule has 0 bridgehead atoms. The van der Waals surface area contributed by atoms with Gasteiger partial charge in [0.1, 0.15) is 0 Å². The lowest BCUT2D eigenvalue weighted by atomic mass is 10.1. The highest BCUT2D eigenvalue weighted by atomic mass is 35.5. The molecule has 1 unspecified atom stereocenters. The fraction of sp³-hybridized carbons (Fsp3) is 0.500. The first-order valence-corrected chi connectivity index (χ1v) is 5.90. The third-order valence-corrected chi connectivity index (χ3v) is 2.91. The van der Waals surface area contributed by atoms with Gasteiger partial charge in [0.05, 0.1) is 28.3 Å². The Morgan fingerprint density at radius 1 is 1.31 bits per heavy atom. The summed E-state index contributed by atoms with van der Waals surface area (Å²) in [5.41, 5.74) is 6.62. The smallest absolute Gasteiger partial charge is 0.0667 e. The minimum Gasteiger partial charge on any atom is -0.374 e. The maximum atomic E-state index is 6.07. The molecule has 0 saturated carbocycles. The summed E-state index contributed by atoms with van der Waals surface area (Å²) >= 11 is 12.0. The first-order chi connectivity index (χ1) is 7.31. The van der Waals surface area contributed by atoms with Crippen molar-refractivity contribution in [2.75, 3.05) is 6.61 Å². The first-order valence-electron chi connectivity index (χ1n) is 5.15. The molecule has 0 spiro atoms. The van der Waals surface area contributed by atoms with Crippen LogP contribution in [0.5, 0.6) is 0 Å². The normalized spacial score (nSPS) is 13.9. The van der Waals surface area contributed by atoms with Gasteiger partial charge >= 0.3 is 0 Å². The van der Waals surface area contributed by atoms with Crippen LogP contribution in [0.1, 0.15) is 32.4 Å². The second kappa shape index (κ2) is 5.37. The standard InChI is InChI=1S/C12H17Cl2NO/c1-12(2,3)16-7-10(15)8-5-4-6-9(13)11(8)14/h4-6,10H,7,15H2,1-3H3. The summed E-state index contributed by atoms with van der Waals surface area (Å²) in [5.74, 6) is 0. The molecule has 0 aliphatic heterocycles. The molecule has 0 aliphatic carbocycles. The quantitative estimate of drug-likeness (QED) is 0.898. The van der Waals surface area contributed by atoms with Crippen LogP contribution in [-0.2, 0) is 4.74 Å².